The zero-order valence-corrected chi connectivity index (χ0v) is 10.5. The normalized spacial score (nSPS) is 12.8. The van der Waals surface area contributed by atoms with Gasteiger partial charge in [-0.05, 0) is 19.4 Å². The Morgan fingerprint density at radius 3 is 2.33 bits per heavy atom. The molecule has 0 spiro atoms. The largest absolute Gasteiger partial charge is 0.480 e. The van der Waals surface area contributed by atoms with Crippen molar-refractivity contribution in [2.75, 3.05) is 6.54 Å². The molecule has 0 aliphatic rings. The van der Waals surface area contributed by atoms with Gasteiger partial charge in [0.15, 0.2) is 0 Å². The number of rotatable bonds is 5. The van der Waals surface area contributed by atoms with Crippen LogP contribution in [0.4, 0.5) is 0 Å². The first-order valence-corrected chi connectivity index (χ1v) is 5.69. The summed E-state index contributed by atoms with van der Waals surface area (Å²) < 4.78 is 0. The summed E-state index contributed by atoms with van der Waals surface area (Å²) in [4.78, 5) is 23.0. The maximum atomic E-state index is 12.0. The second-order valence-corrected chi connectivity index (χ2v) is 4.62. The summed E-state index contributed by atoms with van der Waals surface area (Å²) >= 11 is 0. The predicted molar refractivity (Wildman–Crippen MR) is 68.1 cm³/mol. The molecule has 0 aromatic heterocycles. The topological polar surface area (TPSA) is 92.4 Å². The number of aliphatic carboxylic acids is 1. The van der Waals surface area contributed by atoms with Gasteiger partial charge >= 0.3 is 5.97 Å². The van der Waals surface area contributed by atoms with Crippen LogP contribution in [0.5, 0.6) is 0 Å². The first kappa shape index (κ1) is 14.2. The van der Waals surface area contributed by atoms with E-state index in [0.29, 0.717) is 0 Å². The number of hydrogen-bond acceptors (Lipinski definition) is 3. The number of hydrogen-bond donors (Lipinski definition) is 3. The molecule has 1 aromatic rings. The van der Waals surface area contributed by atoms with Gasteiger partial charge < -0.3 is 16.2 Å². The second-order valence-electron chi connectivity index (χ2n) is 4.62. The Bertz CT molecular complexity index is 429. The molecule has 98 valence electrons. The Balaban J connectivity index is 2.85. The molecule has 0 radical (unpaired) electrons. The minimum absolute atomic E-state index is 0.131. The Morgan fingerprint density at radius 2 is 1.89 bits per heavy atom. The summed E-state index contributed by atoms with van der Waals surface area (Å²) in [6.07, 6.45) is 0. The van der Waals surface area contributed by atoms with E-state index in [1.165, 1.54) is 13.8 Å². The number of carbonyl (C=O) groups is 2. The van der Waals surface area contributed by atoms with Gasteiger partial charge in [0.05, 0.1) is 5.92 Å². The molecule has 0 heterocycles. The highest BCUT2D eigenvalue weighted by Gasteiger charge is 2.31. The van der Waals surface area contributed by atoms with Crippen molar-refractivity contribution in [3.8, 4) is 0 Å². The zero-order valence-electron chi connectivity index (χ0n) is 10.5. The lowest BCUT2D eigenvalue weighted by Gasteiger charge is -2.24. The molecule has 0 saturated carbocycles. The van der Waals surface area contributed by atoms with Crippen LogP contribution in [-0.2, 0) is 9.59 Å². The molecule has 0 aliphatic heterocycles. The van der Waals surface area contributed by atoms with Crippen molar-refractivity contribution < 1.29 is 14.7 Å². The average molecular weight is 250 g/mol. The van der Waals surface area contributed by atoms with E-state index in [4.69, 9.17) is 10.8 Å². The maximum absolute atomic E-state index is 12.0. The van der Waals surface area contributed by atoms with Gasteiger partial charge in [0, 0.05) is 6.54 Å². The lowest BCUT2D eigenvalue weighted by atomic mass is 9.96. The Hall–Kier alpha value is -1.88. The van der Waals surface area contributed by atoms with Crippen LogP contribution in [0.15, 0.2) is 30.3 Å². The fourth-order valence-corrected chi connectivity index (χ4v) is 1.53. The summed E-state index contributed by atoms with van der Waals surface area (Å²) in [6.45, 7) is 3.00. The quantitative estimate of drug-likeness (QED) is 0.717. The van der Waals surface area contributed by atoms with Crippen LogP contribution < -0.4 is 11.1 Å². The lowest BCUT2D eigenvalue weighted by molar-refractivity contribution is -0.146. The van der Waals surface area contributed by atoms with Crippen molar-refractivity contribution >= 4 is 11.9 Å². The van der Waals surface area contributed by atoms with Crippen LogP contribution in [0.1, 0.15) is 25.3 Å². The molecule has 1 amide bonds. The van der Waals surface area contributed by atoms with Crippen LogP contribution in [-0.4, -0.2) is 29.1 Å². The number of carboxylic acids is 1. The molecule has 0 bridgehead atoms. The molecule has 5 heteroatoms. The van der Waals surface area contributed by atoms with Crippen molar-refractivity contribution in [2.45, 2.75) is 25.3 Å². The minimum Gasteiger partial charge on any atom is -0.480 e. The fourth-order valence-electron chi connectivity index (χ4n) is 1.53. The minimum atomic E-state index is -1.31. The first-order chi connectivity index (χ1) is 8.38. The summed E-state index contributed by atoms with van der Waals surface area (Å²) in [5, 5.41) is 11.5. The van der Waals surface area contributed by atoms with Crippen LogP contribution in [0.3, 0.4) is 0 Å². The van der Waals surface area contributed by atoms with Crippen molar-refractivity contribution in [3.05, 3.63) is 35.9 Å². The summed E-state index contributed by atoms with van der Waals surface area (Å²) in [5.41, 5.74) is 5.06. The first-order valence-electron chi connectivity index (χ1n) is 5.69. The SMILES string of the molecule is CC(C)(NC(=O)C(CN)c1ccccc1)C(=O)O. The number of benzene rings is 1. The highest BCUT2D eigenvalue weighted by Crippen LogP contribution is 2.16. The van der Waals surface area contributed by atoms with E-state index in [1.807, 2.05) is 18.2 Å². The molecular formula is C13H18N2O3. The standard InChI is InChI=1S/C13H18N2O3/c1-13(2,12(17)18)15-11(16)10(8-14)9-6-4-3-5-7-9/h3-7,10H,8,14H2,1-2H3,(H,15,16)(H,17,18). The molecule has 1 rings (SSSR count). The van der Waals surface area contributed by atoms with Crippen molar-refractivity contribution in [1.29, 1.82) is 0 Å². The van der Waals surface area contributed by atoms with E-state index < -0.39 is 17.4 Å². The molecule has 4 N–H and O–H groups in total. The van der Waals surface area contributed by atoms with E-state index in [0.717, 1.165) is 5.56 Å². The Kier molecular flexibility index (Phi) is 4.44. The van der Waals surface area contributed by atoms with Gasteiger partial charge in [-0.3, -0.25) is 4.79 Å². The summed E-state index contributed by atoms with van der Waals surface area (Å²) in [7, 11) is 0. The van der Waals surface area contributed by atoms with Crippen LogP contribution in [0.25, 0.3) is 0 Å². The molecule has 0 saturated heterocycles. The molecule has 1 unspecified atom stereocenters. The van der Waals surface area contributed by atoms with Gasteiger partial charge in [0.2, 0.25) is 5.91 Å². The van der Waals surface area contributed by atoms with E-state index >= 15 is 0 Å². The van der Waals surface area contributed by atoms with Crippen molar-refractivity contribution in [2.24, 2.45) is 5.73 Å². The molecule has 18 heavy (non-hydrogen) atoms. The highest BCUT2D eigenvalue weighted by molar-refractivity contribution is 5.90. The number of nitrogens with two attached hydrogens (primary N) is 1. The van der Waals surface area contributed by atoms with E-state index in [1.54, 1.807) is 12.1 Å². The fraction of sp³-hybridized carbons (Fsp3) is 0.385. The summed E-state index contributed by atoms with van der Waals surface area (Å²) in [6, 6.07) is 9.06. The van der Waals surface area contributed by atoms with E-state index in [2.05, 4.69) is 5.32 Å². The molecule has 0 aliphatic carbocycles. The molecule has 1 atom stereocenters. The number of carboxylic acid groups (broad SMARTS) is 1. The summed E-state index contributed by atoms with van der Waals surface area (Å²) in [5.74, 6) is -2.00. The molecular weight excluding hydrogens is 232 g/mol. The van der Waals surface area contributed by atoms with Gasteiger partial charge in [0.1, 0.15) is 5.54 Å². The number of nitrogens with one attached hydrogen (secondary N) is 1. The molecule has 1 aromatic carbocycles. The van der Waals surface area contributed by atoms with Crippen LogP contribution in [0, 0.1) is 0 Å². The van der Waals surface area contributed by atoms with Crippen LogP contribution >= 0.6 is 0 Å². The van der Waals surface area contributed by atoms with Gasteiger partial charge in [-0.25, -0.2) is 4.79 Å². The van der Waals surface area contributed by atoms with Gasteiger partial charge in [-0.2, -0.15) is 0 Å². The monoisotopic (exact) mass is 250 g/mol. The van der Waals surface area contributed by atoms with Gasteiger partial charge in [-0.15, -0.1) is 0 Å². The third-order valence-corrected chi connectivity index (χ3v) is 2.72. The van der Waals surface area contributed by atoms with Crippen molar-refractivity contribution in [1.82, 2.24) is 5.32 Å². The second kappa shape index (κ2) is 5.64. The molecule has 0 fully saturated rings. The Morgan fingerprint density at radius 1 is 1.33 bits per heavy atom. The number of carbonyl (C=O) groups excluding carboxylic acids is 1. The smallest absolute Gasteiger partial charge is 0.328 e. The van der Waals surface area contributed by atoms with Crippen LogP contribution in [0.2, 0.25) is 0 Å². The zero-order chi connectivity index (χ0) is 13.8. The number of amides is 1. The van der Waals surface area contributed by atoms with Crippen molar-refractivity contribution in [3.63, 3.8) is 0 Å². The predicted octanol–water partition coefficient (Wildman–Crippen LogP) is 0.708. The van der Waals surface area contributed by atoms with Gasteiger partial charge in [0.25, 0.3) is 0 Å². The maximum Gasteiger partial charge on any atom is 0.328 e. The van der Waals surface area contributed by atoms with Gasteiger partial charge in [-0.1, -0.05) is 30.3 Å². The third kappa shape index (κ3) is 3.30. The average Bonchev–Trinajstić information content (AvgIpc) is 2.30. The highest BCUT2D eigenvalue weighted by atomic mass is 16.4. The molecule has 5 nitrogen and oxygen atoms in total. The van der Waals surface area contributed by atoms with E-state index in [-0.39, 0.29) is 12.5 Å². The lowest BCUT2D eigenvalue weighted by Crippen LogP contribution is -2.51. The Labute approximate surface area is 106 Å². The third-order valence-electron chi connectivity index (χ3n) is 2.72. The van der Waals surface area contributed by atoms with E-state index in [9.17, 15) is 9.59 Å².